The van der Waals surface area contributed by atoms with Crippen LogP contribution in [0.15, 0.2) is 12.7 Å². The summed E-state index contributed by atoms with van der Waals surface area (Å²) in [4.78, 5) is 11.6. The number of esters is 1. The van der Waals surface area contributed by atoms with E-state index in [9.17, 15) is 20.1 Å². The summed E-state index contributed by atoms with van der Waals surface area (Å²) < 4.78 is 20.5. The van der Waals surface area contributed by atoms with Crippen LogP contribution in [-0.4, -0.2) is 72.0 Å². The molecule has 8 nitrogen and oxygen atoms in total. The Kier molecular flexibility index (Phi) is 7.94. The molecule has 0 aromatic rings. The standard InChI is InChI=1S/C14H24O8/c1-4-6-7-8(20-5-2)21-14-11(17)9(15)10(16)12(22-14)13(18)19-3/h4,8-12,14-17H,1,5-7H2,2-3H3/t8-,9+,10+,11-,12+,14-/m1/s1. The molecule has 1 heterocycles. The molecule has 0 unspecified atom stereocenters. The summed E-state index contributed by atoms with van der Waals surface area (Å²) in [7, 11) is 1.12. The maximum Gasteiger partial charge on any atom is 0.337 e. The molecule has 6 atom stereocenters. The minimum atomic E-state index is -1.61. The number of hydrogen-bond acceptors (Lipinski definition) is 8. The number of allylic oxidation sites excluding steroid dienone is 1. The summed E-state index contributed by atoms with van der Waals surface area (Å²) in [5.74, 6) is -0.869. The molecule has 3 N–H and O–H groups in total. The van der Waals surface area contributed by atoms with E-state index in [1.165, 1.54) is 0 Å². The van der Waals surface area contributed by atoms with E-state index in [0.29, 0.717) is 19.4 Å². The van der Waals surface area contributed by atoms with Crippen molar-refractivity contribution in [3.63, 3.8) is 0 Å². The van der Waals surface area contributed by atoms with E-state index < -0.39 is 43.0 Å². The number of methoxy groups -OCH3 is 1. The van der Waals surface area contributed by atoms with Crippen LogP contribution in [0.25, 0.3) is 0 Å². The summed E-state index contributed by atoms with van der Waals surface area (Å²) in [6, 6.07) is 0. The second-order valence-electron chi connectivity index (χ2n) is 4.81. The van der Waals surface area contributed by atoms with Crippen molar-refractivity contribution in [2.24, 2.45) is 0 Å². The molecule has 0 aromatic heterocycles. The molecule has 1 saturated heterocycles. The van der Waals surface area contributed by atoms with Crippen molar-refractivity contribution >= 4 is 5.97 Å². The third kappa shape index (κ3) is 4.73. The number of hydrogen-bond donors (Lipinski definition) is 3. The van der Waals surface area contributed by atoms with Gasteiger partial charge in [-0.3, -0.25) is 0 Å². The Balaban J connectivity index is 2.77. The van der Waals surface area contributed by atoms with E-state index in [-0.39, 0.29) is 0 Å². The van der Waals surface area contributed by atoms with E-state index in [1.54, 1.807) is 13.0 Å². The molecule has 1 fully saturated rings. The number of aliphatic hydroxyl groups is 3. The summed E-state index contributed by atoms with van der Waals surface area (Å²) in [6.45, 7) is 5.74. The minimum absolute atomic E-state index is 0.371. The molecule has 22 heavy (non-hydrogen) atoms. The van der Waals surface area contributed by atoms with Gasteiger partial charge in [0.2, 0.25) is 0 Å². The summed E-state index contributed by atoms with van der Waals surface area (Å²) in [5, 5.41) is 29.5. The molecule has 0 aliphatic carbocycles. The third-order valence-electron chi connectivity index (χ3n) is 3.25. The molecule has 8 heteroatoms. The van der Waals surface area contributed by atoms with Crippen LogP contribution in [0, 0.1) is 0 Å². The van der Waals surface area contributed by atoms with Crippen molar-refractivity contribution < 1.29 is 39.1 Å². The summed E-state index contributed by atoms with van der Waals surface area (Å²) >= 11 is 0. The highest BCUT2D eigenvalue weighted by Gasteiger charge is 2.48. The van der Waals surface area contributed by atoms with Gasteiger partial charge in [-0.15, -0.1) is 6.58 Å². The molecule has 0 radical (unpaired) electrons. The van der Waals surface area contributed by atoms with Crippen LogP contribution in [0.2, 0.25) is 0 Å². The third-order valence-corrected chi connectivity index (χ3v) is 3.25. The fourth-order valence-corrected chi connectivity index (χ4v) is 2.05. The number of aliphatic hydroxyl groups excluding tert-OH is 3. The molecular formula is C14H24O8. The molecule has 1 aliphatic rings. The Bertz CT molecular complexity index is 361. The number of carbonyl (C=O) groups excluding carboxylic acids is 1. The first-order valence-electron chi connectivity index (χ1n) is 7.11. The van der Waals surface area contributed by atoms with Gasteiger partial charge in [0.1, 0.15) is 18.3 Å². The first-order valence-corrected chi connectivity index (χ1v) is 7.11. The van der Waals surface area contributed by atoms with Gasteiger partial charge in [-0.1, -0.05) is 6.08 Å². The first-order chi connectivity index (χ1) is 10.5. The smallest absolute Gasteiger partial charge is 0.337 e. The minimum Gasteiger partial charge on any atom is -0.467 e. The highest BCUT2D eigenvalue weighted by atomic mass is 16.8. The summed E-state index contributed by atoms with van der Waals surface area (Å²) in [6.07, 6.45) is -5.47. The van der Waals surface area contributed by atoms with Crippen LogP contribution in [-0.2, 0) is 23.7 Å². The lowest BCUT2D eigenvalue weighted by molar-refractivity contribution is -0.331. The number of carbonyl (C=O) groups is 1. The van der Waals surface area contributed by atoms with E-state index in [4.69, 9.17) is 14.2 Å². The van der Waals surface area contributed by atoms with Gasteiger partial charge in [-0.05, 0) is 13.3 Å². The second-order valence-corrected chi connectivity index (χ2v) is 4.81. The van der Waals surface area contributed by atoms with Crippen molar-refractivity contribution in [2.45, 2.75) is 56.8 Å². The predicted octanol–water partition coefficient (Wildman–Crippen LogP) is -0.688. The van der Waals surface area contributed by atoms with Crippen molar-refractivity contribution in [2.75, 3.05) is 13.7 Å². The first kappa shape index (κ1) is 19.0. The van der Waals surface area contributed by atoms with Crippen LogP contribution < -0.4 is 0 Å². The predicted molar refractivity (Wildman–Crippen MR) is 74.6 cm³/mol. The zero-order valence-corrected chi connectivity index (χ0v) is 12.8. The van der Waals surface area contributed by atoms with Crippen LogP contribution in [0.1, 0.15) is 19.8 Å². The quantitative estimate of drug-likeness (QED) is 0.306. The fraction of sp³-hybridized carbons (Fsp3) is 0.786. The van der Waals surface area contributed by atoms with Gasteiger partial charge in [-0.2, -0.15) is 0 Å². The maximum absolute atomic E-state index is 11.6. The van der Waals surface area contributed by atoms with E-state index >= 15 is 0 Å². The van der Waals surface area contributed by atoms with Crippen LogP contribution in [0.3, 0.4) is 0 Å². The zero-order chi connectivity index (χ0) is 16.7. The highest BCUT2D eigenvalue weighted by Crippen LogP contribution is 2.25. The average molecular weight is 320 g/mol. The lowest BCUT2D eigenvalue weighted by atomic mass is 9.99. The Labute approximate surface area is 129 Å². The topological polar surface area (TPSA) is 115 Å². The lowest BCUT2D eigenvalue weighted by Crippen LogP contribution is -2.61. The van der Waals surface area contributed by atoms with Crippen molar-refractivity contribution in [3.05, 3.63) is 12.7 Å². The summed E-state index contributed by atoms with van der Waals surface area (Å²) in [5.41, 5.74) is 0. The zero-order valence-electron chi connectivity index (χ0n) is 12.8. The van der Waals surface area contributed by atoms with Gasteiger partial charge in [0, 0.05) is 13.0 Å². The Hall–Kier alpha value is -1.03. The number of rotatable bonds is 8. The van der Waals surface area contributed by atoms with E-state index in [0.717, 1.165) is 7.11 Å². The molecule has 1 rings (SSSR count). The van der Waals surface area contributed by atoms with Crippen molar-refractivity contribution in [3.8, 4) is 0 Å². The Morgan fingerprint density at radius 2 is 2.00 bits per heavy atom. The largest absolute Gasteiger partial charge is 0.467 e. The van der Waals surface area contributed by atoms with Crippen molar-refractivity contribution in [1.29, 1.82) is 0 Å². The molecule has 128 valence electrons. The Morgan fingerprint density at radius 3 is 2.55 bits per heavy atom. The van der Waals surface area contributed by atoms with E-state index in [1.807, 2.05) is 0 Å². The number of ether oxygens (including phenoxy) is 4. The molecule has 0 spiro atoms. The SMILES string of the molecule is C=CCC[C@H](OCC)O[C@@H]1O[C@H](C(=O)OC)[C@@H](O)[C@H](O)[C@H]1O. The lowest BCUT2D eigenvalue weighted by Gasteiger charge is -2.40. The maximum atomic E-state index is 11.6. The fourth-order valence-electron chi connectivity index (χ4n) is 2.05. The van der Waals surface area contributed by atoms with Gasteiger partial charge in [0.25, 0.3) is 0 Å². The molecule has 0 saturated carbocycles. The normalized spacial score (nSPS) is 33.2. The van der Waals surface area contributed by atoms with Crippen molar-refractivity contribution in [1.82, 2.24) is 0 Å². The van der Waals surface area contributed by atoms with Gasteiger partial charge in [0.15, 0.2) is 18.7 Å². The van der Waals surface area contributed by atoms with Crippen LogP contribution in [0.5, 0.6) is 0 Å². The van der Waals surface area contributed by atoms with Gasteiger partial charge in [0.05, 0.1) is 7.11 Å². The highest BCUT2D eigenvalue weighted by molar-refractivity contribution is 5.75. The molecule has 0 aromatic carbocycles. The molecule has 0 bridgehead atoms. The van der Waals surface area contributed by atoms with Gasteiger partial charge < -0.3 is 34.3 Å². The molecule has 1 aliphatic heterocycles. The average Bonchev–Trinajstić information content (AvgIpc) is 2.52. The van der Waals surface area contributed by atoms with Gasteiger partial charge in [-0.25, -0.2) is 4.79 Å². The van der Waals surface area contributed by atoms with E-state index in [2.05, 4.69) is 11.3 Å². The Morgan fingerprint density at radius 1 is 1.32 bits per heavy atom. The second kappa shape index (κ2) is 9.19. The van der Waals surface area contributed by atoms with Crippen LogP contribution >= 0.6 is 0 Å². The molecular weight excluding hydrogens is 296 g/mol. The van der Waals surface area contributed by atoms with Gasteiger partial charge >= 0.3 is 5.97 Å². The molecule has 0 amide bonds. The van der Waals surface area contributed by atoms with Crippen LogP contribution in [0.4, 0.5) is 0 Å². The monoisotopic (exact) mass is 320 g/mol.